The van der Waals surface area contributed by atoms with Crippen LogP contribution < -0.4 is 0 Å². The van der Waals surface area contributed by atoms with Crippen molar-refractivity contribution in [2.45, 2.75) is 77.9 Å². The van der Waals surface area contributed by atoms with Crippen molar-refractivity contribution in [2.24, 2.45) is 11.8 Å². The molecule has 0 aromatic carbocycles. The summed E-state index contributed by atoms with van der Waals surface area (Å²) in [6.45, 7) is 8.25. The standard InChI is InChI=1S/C20H38O7S/c1-5-9-16(7-3)12-26-14-18(21)11-20(28(23,24)25)19(22)15-27-13-17(8-4)10-6-2/h16-17,20H,5-15H2,1-4H3,(H,23,24,25). The van der Waals surface area contributed by atoms with Gasteiger partial charge in [0, 0.05) is 19.6 Å². The number of ether oxygens (including phenoxy) is 2. The first-order valence-corrected chi connectivity index (χ1v) is 11.9. The summed E-state index contributed by atoms with van der Waals surface area (Å²) in [6.07, 6.45) is 5.20. The quantitative estimate of drug-likeness (QED) is 0.337. The van der Waals surface area contributed by atoms with Gasteiger partial charge in [-0.05, 0) is 24.7 Å². The van der Waals surface area contributed by atoms with Crippen LogP contribution in [0.3, 0.4) is 0 Å². The molecule has 0 radical (unpaired) electrons. The molecule has 0 saturated carbocycles. The molecule has 7 nitrogen and oxygen atoms in total. The van der Waals surface area contributed by atoms with Gasteiger partial charge < -0.3 is 9.47 Å². The molecule has 0 aliphatic heterocycles. The summed E-state index contributed by atoms with van der Waals surface area (Å²) in [7, 11) is -4.69. The fourth-order valence-electron chi connectivity index (χ4n) is 3.04. The zero-order chi connectivity index (χ0) is 21.6. The third-order valence-electron chi connectivity index (χ3n) is 4.89. The second-order valence-electron chi connectivity index (χ2n) is 7.37. The zero-order valence-corrected chi connectivity index (χ0v) is 18.6. The molecule has 0 aromatic rings. The minimum absolute atomic E-state index is 0.269. The molecule has 0 aliphatic carbocycles. The van der Waals surface area contributed by atoms with Crippen LogP contribution in [0.25, 0.3) is 0 Å². The van der Waals surface area contributed by atoms with Crippen LogP contribution >= 0.6 is 0 Å². The highest BCUT2D eigenvalue weighted by Crippen LogP contribution is 2.13. The Labute approximate surface area is 170 Å². The maximum atomic E-state index is 12.2. The van der Waals surface area contributed by atoms with E-state index in [1.165, 1.54) is 0 Å². The van der Waals surface area contributed by atoms with Gasteiger partial charge in [0.2, 0.25) is 0 Å². The molecule has 0 saturated heterocycles. The van der Waals surface area contributed by atoms with Crippen LogP contribution in [0.4, 0.5) is 0 Å². The Hall–Kier alpha value is -0.830. The number of ketones is 2. The van der Waals surface area contributed by atoms with E-state index in [9.17, 15) is 22.6 Å². The van der Waals surface area contributed by atoms with E-state index in [2.05, 4.69) is 13.8 Å². The lowest BCUT2D eigenvalue weighted by Gasteiger charge is -2.16. The number of Topliss-reactive ketones (excluding diaryl/α,β-unsaturated/α-hetero) is 2. The third-order valence-corrected chi connectivity index (χ3v) is 6.04. The molecule has 0 aliphatic rings. The highest BCUT2D eigenvalue weighted by molar-refractivity contribution is 7.87. The first kappa shape index (κ1) is 27.2. The molecule has 0 fully saturated rings. The van der Waals surface area contributed by atoms with Crippen molar-refractivity contribution in [3.8, 4) is 0 Å². The summed E-state index contributed by atoms with van der Waals surface area (Å²) < 4.78 is 43.2. The Morgan fingerprint density at radius 2 is 1.32 bits per heavy atom. The highest BCUT2D eigenvalue weighted by Gasteiger charge is 2.33. The fourth-order valence-corrected chi connectivity index (χ4v) is 3.83. The molecule has 0 rings (SSSR count). The van der Waals surface area contributed by atoms with E-state index < -0.39 is 40.0 Å². The number of carbonyl (C=O) groups excluding carboxylic acids is 2. The van der Waals surface area contributed by atoms with Gasteiger partial charge in [0.25, 0.3) is 10.1 Å². The second-order valence-corrected chi connectivity index (χ2v) is 8.97. The lowest BCUT2D eigenvalue weighted by molar-refractivity contribution is -0.129. The molecule has 3 atom stereocenters. The van der Waals surface area contributed by atoms with Crippen molar-refractivity contribution in [3.05, 3.63) is 0 Å². The van der Waals surface area contributed by atoms with E-state index in [-0.39, 0.29) is 6.61 Å². The summed E-state index contributed by atoms with van der Waals surface area (Å²) in [6, 6.07) is 0. The normalized spacial score (nSPS) is 15.2. The predicted octanol–water partition coefficient (Wildman–Crippen LogP) is 3.46. The average molecular weight is 423 g/mol. The van der Waals surface area contributed by atoms with Gasteiger partial charge in [-0.15, -0.1) is 0 Å². The van der Waals surface area contributed by atoms with Crippen LogP contribution in [-0.4, -0.2) is 56.2 Å². The van der Waals surface area contributed by atoms with E-state index in [4.69, 9.17) is 9.47 Å². The molecule has 0 heterocycles. The first-order chi connectivity index (χ1) is 13.2. The van der Waals surface area contributed by atoms with Gasteiger partial charge >= 0.3 is 0 Å². The zero-order valence-electron chi connectivity index (χ0n) is 17.8. The van der Waals surface area contributed by atoms with Crippen molar-refractivity contribution in [2.75, 3.05) is 26.4 Å². The molecular formula is C20H38O7S. The van der Waals surface area contributed by atoms with Crippen molar-refractivity contribution in [3.63, 3.8) is 0 Å². The topological polar surface area (TPSA) is 107 Å². The Kier molecular flexibility index (Phi) is 14.6. The van der Waals surface area contributed by atoms with Crippen LogP contribution in [0, 0.1) is 11.8 Å². The maximum Gasteiger partial charge on any atom is 0.275 e. The van der Waals surface area contributed by atoms with Crippen LogP contribution in [0.15, 0.2) is 0 Å². The predicted molar refractivity (Wildman–Crippen MR) is 109 cm³/mol. The lowest BCUT2D eigenvalue weighted by atomic mass is 10.0. The highest BCUT2D eigenvalue weighted by atomic mass is 32.2. The van der Waals surface area contributed by atoms with E-state index in [1.807, 2.05) is 13.8 Å². The van der Waals surface area contributed by atoms with E-state index in [1.54, 1.807) is 0 Å². The van der Waals surface area contributed by atoms with Crippen molar-refractivity contribution in [1.82, 2.24) is 0 Å². The smallest absolute Gasteiger partial charge is 0.275 e. The van der Waals surface area contributed by atoms with Gasteiger partial charge in [0.05, 0.1) is 0 Å². The van der Waals surface area contributed by atoms with Gasteiger partial charge in [0.1, 0.15) is 13.2 Å². The molecule has 166 valence electrons. The Bertz CT molecular complexity index is 545. The number of hydrogen-bond acceptors (Lipinski definition) is 6. The van der Waals surface area contributed by atoms with Gasteiger partial charge in [-0.2, -0.15) is 8.42 Å². The third kappa shape index (κ3) is 11.9. The minimum atomic E-state index is -4.69. The van der Waals surface area contributed by atoms with Crippen molar-refractivity contribution in [1.29, 1.82) is 0 Å². The second kappa shape index (κ2) is 15.1. The number of carbonyl (C=O) groups is 2. The summed E-state index contributed by atoms with van der Waals surface area (Å²) in [5, 5.41) is -1.80. The molecule has 3 unspecified atom stereocenters. The van der Waals surface area contributed by atoms with Crippen molar-refractivity contribution >= 4 is 21.7 Å². The monoisotopic (exact) mass is 422 g/mol. The Morgan fingerprint density at radius 1 is 0.857 bits per heavy atom. The molecule has 0 bridgehead atoms. The van der Waals surface area contributed by atoms with Gasteiger partial charge in [-0.1, -0.05) is 53.4 Å². The Balaban J connectivity index is 4.57. The molecule has 28 heavy (non-hydrogen) atoms. The van der Waals surface area contributed by atoms with Crippen LogP contribution in [0.2, 0.25) is 0 Å². The molecular weight excluding hydrogens is 384 g/mol. The molecule has 0 aromatic heterocycles. The molecule has 0 amide bonds. The van der Waals surface area contributed by atoms with Crippen LogP contribution in [-0.2, 0) is 29.2 Å². The number of rotatable bonds is 18. The van der Waals surface area contributed by atoms with Crippen molar-refractivity contribution < 1.29 is 32.0 Å². The molecule has 0 spiro atoms. The summed E-state index contributed by atoms with van der Waals surface area (Å²) in [4.78, 5) is 24.3. The van der Waals surface area contributed by atoms with Gasteiger partial charge in [-0.3, -0.25) is 14.1 Å². The summed E-state index contributed by atoms with van der Waals surface area (Å²) in [5.41, 5.74) is 0. The summed E-state index contributed by atoms with van der Waals surface area (Å²) in [5.74, 6) is -0.689. The average Bonchev–Trinajstić information content (AvgIpc) is 2.63. The maximum absolute atomic E-state index is 12.2. The SMILES string of the molecule is CCCC(CC)COCC(=O)CC(C(=O)COCC(CC)CCC)S(=O)(=O)O. The number of hydrogen-bond donors (Lipinski definition) is 1. The molecule has 8 heteroatoms. The molecule has 1 N–H and O–H groups in total. The lowest BCUT2D eigenvalue weighted by Crippen LogP contribution is -2.36. The van der Waals surface area contributed by atoms with E-state index in [0.29, 0.717) is 25.0 Å². The van der Waals surface area contributed by atoms with Gasteiger partial charge in [-0.25, -0.2) is 0 Å². The summed E-state index contributed by atoms with van der Waals surface area (Å²) >= 11 is 0. The van der Waals surface area contributed by atoms with E-state index >= 15 is 0 Å². The Morgan fingerprint density at radius 3 is 1.71 bits per heavy atom. The van der Waals surface area contributed by atoms with Gasteiger partial charge in [0.15, 0.2) is 16.8 Å². The van der Waals surface area contributed by atoms with Crippen LogP contribution in [0.5, 0.6) is 0 Å². The largest absolute Gasteiger partial charge is 0.373 e. The fraction of sp³-hybridized carbons (Fsp3) is 0.900. The minimum Gasteiger partial charge on any atom is -0.373 e. The van der Waals surface area contributed by atoms with Crippen LogP contribution in [0.1, 0.15) is 72.6 Å². The van der Waals surface area contributed by atoms with E-state index in [0.717, 1.165) is 38.5 Å². The first-order valence-electron chi connectivity index (χ1n) is 10.4.